The van der Waals surface area contributed by atoms with Gasteiger partial charge in [-0.05, 0) is 18.9 Å². The second-order valence-corrected chi connectivity index (χ2v) is 4.14. The van der Waals surface area contributed by atoms with Crippen molar-refractivity contribution in [3.8, 4) is 0 Å². The quantitative estimate of drug-likeness (QED) is 0.658. The van der Waals surface area contributed by atoms with Crippen molar-refractivity contribution in [2.75, 3.05) is 13.2 Å². The van der Waals surface area contributed by atoms with Crippen LogP contribution in [0.15, 0.2) is 18.7 Å². The fourth-order valence-electron chi connectivity index (χ4n) is 1.48. The van der Waals surface area contributed by atoms with Crippen LogP contribution in [0.5, 0.6) is 0 Å². The number of rotatable bonds is 7. The number of hydrogen-bond acceptors (Lipinski definition) is 3. The molecule has 1 unspecified atom stereocenters. The highest BCUT2D eigenvalue weighted by Gasteiger charge is 2.09. The van der Waals surface area contributed by atoms with Gasteiger partial charge in [-0.3, -0.25) is 0 Å². The highest BCUT2D eigenvalue weighted by atomic mass is 16.3. The molecule has 1 rings (SSSR count). The van der Waals surface area contributed by atoms with Gasteiger partial charge in [-0.25, -0.2) is 4.98 Å². The van der Waals surface area contributed by atoms with Crippen LogP contribution >= 0.6 is 0 Å². The van der Waals surface area contributed by atoms with Gasteiger partial charge >= 0.3 is 0 Å². The molecule has 0 saturated carbocycles. The predicted octanol–water partition coefficient (Wildman–Crippen LogP) is 0.880. The van der Waals surface area contributed by atoms with Gasteiger partial charge in [0, 0.05) is 25.0 Å². The molecule has 86 valence electrons. The molecule has 1 aromatic rings. The van der Waals surface area contributed by atoms with Crippen molar-refractivity contribution in [2.24, 2.45) is 5.92 Å². The zero-order valence-electron chi connectivity index (χ0n) is 9.56. The van der Waals surface area contributed by atoms with E-state index in [1.807, 2.05) is 12.5 Å². The Labute approximate surface area is 91.3 Å². The average Bonchev–Trinajstić information content (AvgIpc) is 2.70. The smallest absolute Gasteiger partial charge is 0.0945 e. The van der Waals surface area contributed by atoms with Gasteiger partial charge in [-0.15, -0.1) is 0 Å². The van der Waals surface area contributed by atoms with Crippen molar-refractivity contribution in [1.82, 2.24) is 14.9 Å². The summed E-state index contributed by atoms with van der Waals surface area (Å²) in [7, 11) is 0. The number of aryl methyl sites for hydroxylation is 1. The molecule has 0 aromatic carbocycles. The summed E-state index contributed by atoms with van der Waals surface area (Å²) in [6.07, 6.45) is 6.63. The van der Waals surface area contributed by atoms with Crippen LogP contribution < -0.4 is 5.32 Å². The van der Waals surface area contributed by atoms with Crippen LogP contribution in [-0.2, 0) is 6.54 Å². The van der Waals surface area contributed by atoms with E-state index >= 15 is 0 Å². The Morgan fingerprint density at radius 1 is 1.47 bits per heavy atom. The van der Waals surface area contributed by atoms with E-state index in [9.17, 15) is 0 Å². The summed E-state index contributed by atoms with van der Waals surface area (Å²) >= 11 is 0. The highest BCUT2D eigenvalue weighted by molar-refractivity contribution is 4.74. The molecule has 0 spiro atoms. The Morgan fingerprint density at radius 2 is 2.27 bits per heavy atom. The number of aromatic nitrogens is 2. The Balaban J connectivity index is 2.10. The van der Waals surface area contributed by atoms with Gasteiger partial charge in [0.25, 0.3) is 0 Å². The van der Waals surface area contributed by atoms with Crippen LogP contribution in [0, 0.1) is 5.92 Å². The Kier molecular flexibility index (Phi) is 5.36. The van der Waals surface area contributed by atoms with Crippen molar-refractivity contribution in [3.63, 3.8) is 0 Å². The first kappa shape index (κ1) is 12.2. The van der Waals surface area contributed by atoms with Crippen LogP contribution in [-0.4, -0.2) is 33.9 Å². The normalized spacial score (nSPS) is 13.3. The van der Waals surface area contributed by atoms with Crippen molar-refractivity contribution in [2.45, 2.75) is 32.9 Å². The van der Waals surface area contributed by atoms with Gasteiger partial charge in [-0.1, -0.05) is 13.8 Å². The molecule has 1 heterocycles. The van der Waals surface area contributed by atoms with E-state index in [4.69, 9.17) is 5.11 Å². The van der Waals surface area contributed by atoms with Gasteiger partial charge in [0.2, 0.25) is 0 Å². The molecule has 0 aliphatic heterocycles. The van der Waals surface area contributed by atoms with Gasteiger partial charge < -0.3 is 15.0 Å². The molecular weight excluding hydrogens is 190 g/mol. The maximum Gasteiger partial charge on any atom is 0.0945 e. The lowest BCUT2D eigenvalue weighted by Gasteiger charge is -2.19. The zero-order chi connectivity index (χ0) is 11.1. The summed E-state index contributed by atoms with van der Waals surface area (Å²) in [6.45, 7) is 6.35. The molecule has 1 atom stereocenters. The standard InChI is InChI=1S/C11H21N3O/c1-10(2)11(8-15)13-4-3-6-14-7-5-12-9-14/h5,7,9-11,13,15H,3-4,6,8H2,1-2H3. The molecule has 2 N–H and O–H groups in total. The Morgan fingerprint density at radius 3 is 2.80 bits per heavy atom. The summed E-state index contributed by atoms with van der Waals surface area (Å²) in [5.74, 6) is 0.475. The molecule has 1 aromatic heterocycles. The summed E-state index contributed by atoms with van der Waals surface area (Å²) < 4.78 is 2.06. The van der Waals surface area contributed by atoms with Crippen LogP contribution in [0.25, 0.3) is 0 Å². The van der Waals surface area contributed by atoms with E-state index in [1.54, 1.807) is 6.20 Å². The van der Waals surface area contributed by atoms with Crippen molar-refractivity contribution in [1.29, 1.82) is 0 Å². The maximum atomic E-state index is 9.10. The van der Waals surface area contributed by atoms with Gasteiger partial charge in [-0.2, -0.15) is 0 Å². The van der Waals surface area contributed by atoms with E-state index in [0.29, 0.717) is 5.92 Å². The molecule has 0 amide bonds. The third-order valence-electron chi connectivity index (χ3n) is 2.56. The first-order valence-electron chi connectivity index (χ1n) is 5.54. The van der Waals surface area contributed by atoms with Crippen LogP contribution in [0.4, 0.5) is 0 Å². The van der Waals surface area contributed by atoms with Crippen molar-refractivity contribution in [3.05, 3.63) is 18.7 Å². The molecule has 0 radical (unpaired) electrons. The molecule has 0 saturated heterocycles. The molecule has 0 bridgehead atoms. The largest absolute Gasteiger partial charge is 0.395 e. The predicted molar refractivity (Wildman–Crippen MR) is 60.6 cm³/mol. The molecule has 0 aliphatic carbocycles. The minimum absolute atomic E-state index is 0.211. The van der Waals surface area contributed by atoms with Crippen LogP contribution in [0.1, 0.15) is 20.3 Å². The second-order valence-electron chi connectivity index (χ2n) is 4.14. The zero-order valence-corrected chi connectivity index (χ0v) is 9.56. The van der Waals surface area contributed by atoms with Gasteiger partial charge in [0.15, 0.2) is 0 Å². The lowest BCUT2D eigenvalue weighted by atomic mass is 10.1. The van der Waals surface area contributed by atoms with E-state index < -0.39 is 0 Å². The van der Waals surface area contributed by atoms with Crippen molar-refractivity contribution < 1.29 is 5.11 Å². The van der Waals surface area contributed by atoms with Gasteiger partial charge in [0.05, 0.1) is 12.9 Å². The summed E-state index contributed by atoms with van der Waals surface area (Å²) in [4.78, 5) is 3.98. The maximum absolute atomic E-state index is 9.10. The number of nitrogens with one attached hydrogen (secondary N) is 1. The monoisotopic (exact) mass is 211 g/mol. The van der Waals surface area contributed by atoms with E-state index in [2.05, 4.69) is 28.7 Å². The summed E-state index contributed by atoms with van der Waals surface area (Å²) in [6, 6.07) is 0.216. The molecule has 4 heteroatoms. The number of nitrogens with zero attached hydrogens (tertiary/aromatic N) is 2. The second kappa shape index (κ2) is 6.58. The minimum Gasteiger partial charge on any atom is -0.395 e. The van der Waals surface area contributed by atoms with Crippen LogP contribution in [0.3, 0.4) is 0 Å². The number of aliphatic hydroxyl groups is 1. The number of hydrogen-bond donors (Lipinski definition) is 2. The number of imidazole rings is 1. The third-order valence-corrected chi connectivity index (χ3v) is 2.56. The SMILES string of the molecule is CC(C)C(CO)NCCCn1ccnc1. The van der Waals surface area contributed by atoms with E-state index in [0.717, 1.165) is 19.5 Å². The summed E-state index contributed by atoms with van der Waals surface area (Å²) in [5, 5.41) is 12.4. The molecule has 15 heavy (non-hydrogen) atoms. The first-order valence-corrected chi connectivity index (χ1v) is 5.54. The molecular formula is C11H21N3O. The lowest BCUT2D eigenvalue weighted by Crippen LogP contribution is -2.37. The topological polar surface area (TPSA) is 50.1 Å². The molecule has 0 fully saturated rings. The summed E-state index contributed by atoms with van der Waals surface area (Å²) in [5.41, 5.74) is 0. The lowest BCUT2D eigenvalue weighted by molar-refractivity contribution is 0.210. The average molecular weight is 211 g/mol. The molecule has 4 nitrogen and oxygen atoms in total. The van der Waals surface area contributed by atoms with Gasteiger partial charge in [0.1, 0.15) is 0 Å². The molecule has 0 aliphatic rings. The Hall–Kier alpha value is -0.870. The van der Waals surface area contributed by atoms with Crippen molar-refractivity contribution >= 4 is 0 Å². The Bertz CT molecular complexity index is 246. The van der Waals surface area contributed by atoms with E-state index in [-0.39, 0.29) is 12.6 Å². The fourth-order valence-corrected chi connectivity index (χ4v) is 1.48. The highest BCUT2D eigenvalue weighted by Crippen LogP contribution is 2.00. The van der Waals surface area contributed by atoms with E-state index in [1.165, 1.54) is 0 Å². The minimum atomic E-state index is 0.211. The van der Waals surface area contributed by atoms with Crippen LogP contribution in [0.2, 0.25) is 0 Å². The third kappa shape index (κ3) is 4.44. The number of aliphatic hydroxyl groups excluding tert-OH is 1. The first-order chi connectivity index (χ1) is 7.24. The fraction of sp³-hybridized carbons (Fsp3) is 0.727.